The Kier molecular flexibility index (Phi) is 7.92. The standard InChI is InChI=1S/C29H30FN7O3S/c30-26-17-20(9-10-31-26)18-36-11-1-4-25(36)27(38)34-28-33-23(19-41-28)24-3-2-12-37(24)22-7-5-21(6-8-22)32-29(39)35-13-15-40-16-14-35/h1,4-11,17,19,24H,2-3,12-16,18H2,(H,32,39)(H,33,34,38)/t24-/m1/s1. The summed E-state index contributed by atoms with van der Waals surface area (Å²) in [5, 5.41) is 8.41. The Bertz CT molecular complexity index is 1520. The first-order valence-electron chi connectivity index (χ1n) is 13.6. The highest BCUT2D eigenvalue weighted by Crippen LogP contribution is 2.37. The zero-order chi connectivity index (χ0) is 28.2. The third-order valence-electron chi connectivity index (χ3n) is 7.29. The molecular formula is C29H30FN7O3S. The largest absolute Gasteiger partial charge is 0.378 e. The quantitative estimate of drug-likeness (QED) is 0.301. The van der Waals surface area contributed by atoms with E-state index in [-0.39, 0.29) is 18.0 Å². The maximum Gasteiger partial charge on any atom is 0.321 e. The summed E-state index contributed by atoms with van der Waals surface area (Å²) in [6, 6.07) is 14.5. The molecule has 2 saturated heterocycles. The molecule has 0 radical (unpaired) electrons. The molecule has 1 aromatic carbocycles. The molecule has 12 heteroatoms. The van der Waals surface area contributed by atoms with Crippen molar-refractivity contribution in [1.29, 1.82) is 0 Å². The van der Waals surface area contributed by atoms with Crippen LogP contribution in [0.2, 0.25) is 0 Å². The predicted octanol–water partition coefficient (Wildman–Crippen LogP) is 4.98. The van der Waals surface area contributed by atoms with Crippen LogP contribution < -0.4 is 15.5 Å². The van der Waals surface area contributed by atoms with Gasteiger partial charge in [-0.3, -0.25) is 10.1 Å². The molecule has 0 saturated carbocycles. The van der Waals surface area contributed by atoms with Gasteiger partial charge in [0.05, 0.1) is 24.9 Å². The third kappa shape index (κ3) is 6.23. The molecule has 2 aliphatic rings. The van der Waals surface area contributed by atoms with Crippen LogP contribution in [0.5, 0.6) is 0 Å². The number of rotatable bonds is 7. The minimum absolute atomic E-state index is 0.0936. The Labute approximate surface area is 240 Å². The second kappa shape index (κ2) is 12.1. The molecule has 0 aliphatic carbocycles. The van der Waals surface area contributed by atoms with Crippen molar-refractivity contribution in [3.05, 3.63) is 89.2 Å². The number of nitrogens with zero attached hydrogens (tertiary/aromatic N) is 5. The fraction of sp³-hybridized carbons (Fsp3) is 0.310. The average Bonchev–Trinajstić information content (AvgIpc) is 3.75. The Balaban J connectivity index is 1.09. The minimum atomic E-state index is -0.552. The fourth-order valence-corrected chi connectivity index (χ4v) is 5.99. The van der Waals surface area contributed by atoms with Crippen molar-refractivity contribution < 1.29 is 18.7 Å². The van der Waals surface area contributed by atoms with Gasteiger partial charge in [-0.25, -0.2) is 14.8 Å². The highest BCUT2D eigenvalue weighted by Gasteiger charge is 2.29. The number of aromatic nitrogens is 3. The van der Waals surface area contributed by atoms with E-state index in [0.29, 0.717) is 49.2 Å². The van der Waals surface area contributed by atoms with Crippen molar-refractivity contribution in [2.45, 2.75) is 25.4 Å². The van der Waals surface area contributed by atoms with E-state index in [2.05, 4.69) is 20.5 Å². The molecule has 41 heavy (non-hydrogen) atoms. The lowest BCUT2D eigenvalue weighted by molar-refractivity contribution is 0.0564. The van der Waals surface area contributed by atoms with E-state index in [1.807, 2.05) is 29.6 Å². The number of hydrogen-bond donors (Lipinski definition) is 2. The molecule has 0 spiro atoms. The summed E-state index contributed by atoms with van der Waals surface area (Å²) in [5.41, 5.74) is 3.89. The van der Waals surface area contributed by atoms with Crippen molar-refractivity contribution in [3.8, 4) is 0 Å². The molecule has 10 nitrogen and oxygen atoms in total. The number of thiazole rings is 1. The van der Waals surface area contributed by atoms with Crippen molar-refractivity contribution in [3.63, 3.8) is 0 Å². The second-order valence-electron chi connectivity index (χ2n) is 9.97. The normalized spacial score (nSPS) is 17.0. The van der Waals surface area contributed by atoms with Gasteiger partial charge in [-0.15, -0.1) is 11.3 Å². The number of halogens is 1. The molecule has 3 amide bonds. The Morgan fingerprint density at radius 2 is 1.90 bits per heavy atom. The lowest BCUT2D eigenvalue weighted by Crippen LogP contribution is -2.43. The maximum atomic E-state index is 13.5. The molecule has 4 aromatic rings. The van der Waals surface area contributed by atoms with Crippen LogP contribution in [-0.4, -0.2) is 64.2 Å². The van der Waals surface area contributed by atoms with Crippen LogP contribution in [0.4, 0.5) is 25.7 Å². The van der Waals surface area contributed by atoms with Gasteiger partial charge in [0.1, 0.15) is 5.69 Å². The van der Waals surface area contributed by atoms with E-state index in [1.54, 1.807) is 33.9 Å². The maximum absolute atomic E-state index is 13.5. The van der Waals surface area contributed by atoms with Crippen molar-refractivity contribution in [2.24, 2.45) is 0 Å². The summed E-state index contributed by atoms with van der Waals surface area (Å²) in [5.74, 6) is -0.827. The zero-order valence-electron chi connectivity index (χ0n) is 22.3. The van der Waals surface area contributed by atoms with E-state index in [0.717, 1.165) is 36.5 Å². The van der Waals surface area contributed by atoms with Crippen LogP contribution in [0, 0.1) is 5.95 Å². The van der Waals surface area contributed by atoms with Gasteiger partial charge in [0.15, 0.2) is 5.13 Å². The molecule has 5 heterocycles. The van der Waals surface area contributed by atoms with Crippen molar-refractivity contribution in [1.82, 2.24) is 19.4 Å². The Morgan fingerprint density at radius 3 is 2.71 bits per heavy atom. The first kappa shape index (κ1) is 26.9. The smallest absolute Gasteiger partial charge is 0.321 e. The van der Waals surface area contributed by atoms with E-state index >= 15 is 0 Å². The SMILES string of the molecule is O=C(Nc1nc([C@H]2CCCN2c2ccc(NC(=O)N3CCOCC3)cc2)cs1)c1cccn1Cc1ccnc(F)c1. The number of carbonyl (C=O) groups is 2. The minimum Gasteiger partial charge on any atom is -0.378 e. The number of amides is 3. The molecule has 2 fully saturated rings. The van der Waals surface area contributed by atoms with Gasteiger partial charge >= 0.3 is 6.03 Å². The summed E-state index contributed by atoms with van der Waals surface area (Å²) in [4.78, 5) is 38.0. The highest BCUT2D eigenvalue weighted by atomic mass is 32.1. The molecular weight excluding hydrogens is 545 g/mol. The number of benzene rings is 1. The fourth-order valence-electron chi connectivity index (χ4n) is 5.24. The summed E-state index contributed by atoms with van der Waals surface area (Å²) in [7, 11) is 0. The van der Waals surface area contributed by atoms with Crippen molar-refractivity contribution >= 4 is 39.8 Å². The summed E-state index contributed by atoms with van der Waals surface area (Å²) in [6.45, 7) is 3.56. The van der Waals surface area contributed by atoms with Gasteiger partial charge in [-0.1, -0.05) is 0 Å². The molecule has 212 valence electrons. The summed E-state index contributed by atoms with van der Waals surface area (Å²) >= 11 is 1.40. The van der Waals surface area contributed by atoms with E-state index in [1.165, 1.54) is 23.6 Å². The number of urea groups is 1. The molecule has 6 rings (SSSR count). The molecule has 0 unspecified atom stereocenters. The molecule has 0 bridgehead atoms. The van der Waals surface area contributed by atoms with Crippen LogP contribution >= 0.6 is 11.3 Å². The number of carbonyl (C=O) groups excluding carboxylic acids is 2. The summed E-state index contributed by atoms with van der Waals surface area (Å²) < 4.78 is 20.6. The third-order valence-corrected chi connectivity index (χ3v) is 8.07. The van der Waals surface area contributed by atoms with Gasteiger partial charge in [-0.05, 0) is 66.9 Å². The number of hydrogen-bond acceptors (Lipinski definition) is 7. The first-order valence-corrected chi connectivity index (χ1v) is 14.4. The molecule has 2 aliphatic heterocycles. The van der Waals surface area contributed by atoms with Crippen LogP contribution in [0.15, 0.2) is 66.3 Å². The first-order chi connectivity index (χ1) is 20.0. The second-order valence-corrected chi connectivity index (χ2v) is 10.8. The van der Waals surface area contributed by atoms with Crippen LogP contribution in [-0.2, 0) is 11.3 Å². The van der Waals surface area contributed by atoms with Crippen LogP contribution in [0.3, 0.4) is 0 Å². The van der Waals surface area contributed by atoms with E-state index in [4.69, 9.17) is 9.72 Å². The number of anilines is 3. The van der Waals surface area contributed by atoms with Crippen molar-refractivity contribution in [2.75, 3.05) is 48.4 Å². The number of nitrogens with one attached hydrogen (secondary N) is 2. The number of ether oxygens (including phenoxy) is 1. The van der Waals surface area contributed by atoms with E-state index in [9.17, 15) is 14.0 Å². The molecule has 1 atom stereocenters. The van der Waals surface area contributed by atoms with Crippen LogP contribution in [0.1, 0.15) is 40.6 Å². The lowest BCUT2D eigenvalue weighted by Gasteiger charge is -2.27. The summed E-state index contributed by atoms with van der Waals surface area (Å²) in [6.07, 6.45) is 5.19. The number of pyridine rings is 1. The average molecular weight is 576 g/mol. The number of morpholine rings is 1. The topological polar surface area (TPSA) is 105 Å². The predicted molar refractivity (Wildman–Crippen MR) is 155 cm³/mol. The Hall–Kier alpha value is -4.29. The van der Waals surface area contributed by atoms with Crippen LogP contribution in [0.25, 0.3) is 0 Å². The monoisotopic (exact) mass is 575 g/mol. The highest BCUT2D eigenvalue weighted by molar-refractivity contribution is 7.14. The van der Waals surface area contributed by atoms with Gasteiger partial charge < -0.3 is 24.4 Å². The zero-order valence-corrected chi connectivity index (χ0v) is 23.1. The lowest BCUT2D eigenvalue weighted by atomic mass is 10.1. The van der Waals surface area contributed by atoms with Gasteiger partial charge in [0, 0.05) is 55.3 Å². The molecule has 3 aromatic heterocycles. The van der Waals surface area contributed by atoms with Gasteiger partial charge in [0.2, 0.25) is 5.95 Å². The molecule has 2 N–H and O–H groups in total. The van der Waals surface area contributed by atoms with Gasteiger partial charge in [0.25, 0.3) is 5.91 Å². The van der Waals surface area contributed by atoms with Gasteiger partial charge in [-0.2, -0.15) is 4.39 Å². The van der Waals surface area contributed by atoms with E-state index < -0.39 is 5.95 Å². The Morgan fingerprint density at radius 1 is 1.07 bits per heavy atom.